The van der Waals surface area contributed by atoms with Crippen LogP contribution in [0.4, 0.5) is 14.7 Å². The average Bonchev–Trinajstić information content (AvgIpc) is 2.49. The molecule has 7 heteroatoms. The highest BCUT2D eigenvalue weighted by Gasteiger charge is 2.10. The van der Waals surface area contributed by atoms with Gasteiger partial charge in [-0.25, -0.2) is 9.97 Å². The SMILES string of the molecule is COc1cc(CCNc2ncccn2)ccc1OC(F)F. The van der Waals surface area contributed by atoms with Crippen molar-refractivity contribution in [2.24, 2.45) is 0 Å². The van der Waals surface area contributed by atoms with Crippen molar-refractivity contribution >= 4 is 5.95 Å². The zero-order valence-corrected chi connectivity index (χ0v) is 11.4. The first-order valence-corrected chi connectivity index (χ1v) is 6.31. The van der Waals surface area contributed by atoms with Gasteiger partial charge in [0.15, 0.2) is 11.5 Å². The zero-order valence-electron chi connectivity index (χ0n) is 11.4. The fourth-order valence-corrected chi connectivity index (χ4v) is 1.77. The molecule has 2 aromatic rings. The van der Waals surface area contributed by atoms with Gasteiger partial charge in [0.2, 0.25) is 5.95 Å². The molecule has 1 heterocycles. The number of rotatable bonds is 7. The second-order valence-corrected chi connectivity index (χ2v) is 4.11. The minimum Gasteiger partial charge on any atom is -0.493 e. The lowest BCUT2D eigenvalue weighted by Crippen LogP contribution is -2.08. The predicted octanol–water partition coefficient (Wildman–Crippen LogP) is 2.74. The van der Waals surface area contributed by atoms with E-state index in [0.29, 0.717) is 18.9 Å². The van der Waals surface area contributed by atoms with Crippen LogP contribution in [0.2, 0.25) is 0 Å². The molecule has 0 bridgehead atoms. The maximum absolute atomic E-state index is 12.2. The van der Waals surface area contributed by atoms with E-state index >= 15 is 0 Å². The van der Waals surface area contributed by atoms with Gasteiger partial charge >= 0.3 is 6.61 Å². The Kier molecular flexibility index (Phi) is 5.25. The molecule has 2 rings (SSSR count). The van der Waals surface area contributed by atoms with Gasteiger partial charge in [-0.1, -0.05) is 6.07 Å². The molecule has 21 heavy (non-hydrogen) atoms. The molecule has 112 valence electrons. The van der Waals surface area contributed by atoms with E-state index in [2.05, 4.69) is 20.0 Å². The molecule has 0 radical (unpaired) electrons. The summed E-state index contributed by atoms with van der Waals surface area (Å²) in [6.45, 7) is -2.26. The Balaban J connectivity index is 1.94. The van der Waals surface area contributed by atoms with Crippen molar-refractivity contribution < 1.29 is 18.3 Å². The van der Waals surface area contributed by atoms with E-state index in [1.165, 1.54) is 13.2 Å². The van der Waals surface area contributed by atoms with Gasteiger partial charge in [0, 0.05) is 18.9 Å². The molecule has 0 saturated carbocycles. The van der Waals surface area contributed by atoms with Crippen molar-refractivity contribution in [3.8, 4) is 11.5 Å². The number of hydrogen-bond donors (Lipinski definition) is 1. The molecular formula is C14H15F2N3O2. The van der Waals surface area contributed by atoms with Gasteiger partial charge in [-0.2, -0.15) is 8.78 Å². The molecule has 0 saturated heterocycles. The van der Waals surface area contributed by atoms with Crippen molar-refractivity contribution in [3.63, 3.8) is 0 Å². The predicted molar refractivity (Wildman–Crippen MR) is 73.9 cm³/mol. The van der Waals surface area contributed by atoms with Crippen molar-refractivity contribution in [2.45, 2.75) is 13.0 Å². The van der Waals surface area contributed by atoms with E-state index in [-0.39, 0.29) is 11.5 Å². The number of aromatic nitrogens is 2. The first-order valence-electron chi connectivity index (χ1n) is 6.31. The number of halogens is 2. The minimum atomic E-state index is -2.87. The van der Waals surface area contributed by atoms with Crippen molar-refractivity contribution in [3.05, 3.63) is 42.2 Å². The maximum Gasteiger partial charge on any atom is 0.387 e. The number of benzene rings is 1. The van der Waals surface area contributed by atoms with Gasteiger partial charge in [-0.15, -0.1) is 0 Å². The van der Waals surface area contributed by atoms with Gasteiger partial charge in [0.1, 0.15) is 0 Å². The minimum absolute atomic E-state index is 0.0237. The van der Waals surface area contributed by atoms with Gasteiger partial charge in [0.25, 0.3) is 0 Å². The number of anilines is 1. The highest BCUT2D eigenvalue weighted by Crippen LogP contribution is 2.29. The highest BCUT2D eigenvalue weighted by molar-refractivity contribution is 5.43. The Morgan fingerprint density at radius 1 is 1.19 bits per heavy atom. The highest BCUT2D eigenvalue weighted by atomic mass is 19.3. The van der Waals surface area contributed by atoms with E-state index < -0.39 is 6.61 Å². The molecule has 1 aromatic heterocycles. The number of hydrogen-bond acceptors (Lipinski definition) is 5. The second-order valence-electron chi connectivity index (χ2n) is 4.11. The van der Waals surface area contributed by atoms with Crippen LogP contribution in [0.25, 0.3) is 0 Å². The molecule has 0 aliphatic heterocycles. The van der Waals surface area contributed by atoms with Crippen LogP contribution < -0.4 is 14.8 Å². The first kappa shape index (κ1) is 15.0. The number of nitrogens with one attached hydrogen (secondary N) is 1. The summed E-state index contributed by atoms with van der Waals surface area (Å²) in [4.78, 5) is 8.08. The summed E-state index contributed by atoms with van der Waals surface area (Å²) in [5.74, 6) is 0.849. The number of ether oxygens (including phenoxy) is 2. The van der Waals surface area contributed by atoms with Crippen molar-refractivity contribution in [1.29, 1.82) is 0 Å². The van der Waals surface area contributed by atoms with E-state index in [9.17, 15) is 8.78 Å². The van der Waals surface area contributed by atoms with Crippen LogP contribution in [0, 0.1) is 0 Å². The standard InChI is InChI=1S/C14H15F2N3O2/c1-20-12-9-10(3-4-11(12)21-13(15)16)5-8-19-14-17-6-2-7-18-14/h2-4,6-7,9,13H,5,8H2,1H3,(H,17,18,19). The lowest BCUT2D eigenvalue weighted by Gasteiger charge is -2.11. The van der Waals surface area contributed by atoms with E-state index in [0.717, 1.165) is 5.56 Å². The van der Waals surface area contributed by atoms with Crippen molar-refractivity contribution in [2.75, 3.05) is 19.0 Å². The van der Waals surface area contributed by atoms with Crippen molar-refractivity contribution in [1.82, 2.24) is 9.97 Å². The van der Waals surface area contributed by atoms with Crippen LogP contribution >= 0.6 is 0 Å². The summed E-state index contributed by atoms with van der Waals surface area (Å²) in [5, 5.41) is 3.06. The quantitative estimate of drug-likeness (QED) is 0.851. The fourth-order valence-electron chi connectivity index (χ4n) is 1.77. The monoisotopic (exact) mass is 295 g/mol. The van der Waals surface area contributed by atoms with Crippen LogP contribution in [-0.4, -0.2) is 30.2 Å². The third-order valence-corrected chi connectivity index (χ3v) is 2.71. The van der Waals surface area contributed by atoms with Gasteiger partial charge in [-0.3, -0.25) is 0 Å². The molecule has 1 aromatic carbocycles. The third kappa shape index (κ3) is 4.55. The molecule has 0 aliphatic rings. The maximum atomic E-state index is 12.2. The summed E-state index contributed by atoms with van der Waals surface area (Å²) >= 11 is 0. The molecule has 5 nitrogen and oxygen atoms in total. The number of nitrogens with zero attached hydrogens (tertiary/aromatic N) is 2. The average molecular weight is 295 g/mol. The summed E-state index contributed by atoms with van der Waals surface area (Å²) in [5.41, 5.74) is 0.928. The summed E-state index contributed by atoms with van der Waals surface area (Å²) < 4.78 is 33.9. The summed E-state index contributed by atoms with van der Waals surface area (Å²) in [6, 6.07) is 6.59. The molecule has 0 unspecified atom stereocenters. The van der Waals surface area contributed by atoms with Crippen LogP contribution in [0.1, 0.15) is 5.56 Å². The Morgan fingerprint density at radius 3 is 2.62 bits per heavy atom. The Labute approximate surface area is 120 Å². The topological polar surface area (TPSA) is 56.3 Å². The third-order valence-electron chi connectivity index (χ3n) is 2.71. The Morgan fingerprint density at radius 2 is 1.95 bits per heavy atom. The molecule has 0 fully saturated rings. The van der Waals surface area contributed by atoms with E-state index in [1.54, 1.807) is 30.6 Å². The number of methoxy groups -OCH3 is 1. The summed E-state index contributed by atoms with van der Waals surface area (Å²) in [7, 11) is 1.41. The van der Waals surface area contributed by atoms with Gasteiger partial charge in [0.05, 0.1) is 7.11 Å². The van der Waals surface area contributed by atoms with Gasteiger partial charge < -0.3 is 14.8 Å². The normalized spacial score (nSPS) is 10.5. The molecule has 0 spiro atoms. The lowest BCUT2D eigenvalue weighted by molar-refractivity contribution is -0.0512. The molecular weight excluding hydrogens is 280 g/mol. The fraction of sp³-hybridized carbons (Fsp3) is 0.286. The lowest BCUT2D eigenvalue weighted by atomic mass is 10.1. The molecule has 1 N–H and O–H groups in total. The van der Waals surface area contributed by atoms with Crippen LogP contribution in [0.3, 0.4) is 0 Å². The zero-order chi connectivity index (χ0) is 15.1. The molecule has 0 aliphatic carbocycles. The Bertz CT molecular complexity index is 567. The molecule has 0 atom stereocenters. The van der Waals surface area contributed by atoms with E-state index in [1.807, 2.05) is 0 Å². The van der Waals surface area contributed by atoms with Crippen LogP contribution in [0.15, 0.2) is 36.7 Å². The Hall–Kier alpha value is -2.44. The molecule has 0 amide bonds. The first-order chi connectivity index (χ1) is 10.2. The number of alkyl halides is 2. The largest absolute Gasteiger partial charge is 0.493 e. The van der Waals surface area contributed by atoms with E-state index in [4.69, 9.17) is 4.74 Å². The van der Waals surface area contributed by atoms with Crippen LogP contribution in [-0.2, 0) is 6.42 Å². The second kappa shape index (κ2) is 7.37. The smallest absolute Gasteiger partial charge is 0.387 e. The summed E-state index contributed by atoms with van der Waals surface area (Å²) in [6.07, 6.45) is 3.97. The van der Waals surface area contributed by atoms with Crippen LogP contribution in [0.5, 0.6) is 11.5 Å². The van der Waals surface area contributed by atoms with Gasteiger partial charge in [-0.05, 0) is 30.2 Å².